The van der Waals surface area contributed by atoms with Gasteiger partial charge in [-0.2, -0.15) is 0 Å². The number of carbonyl (C=O) groups excluding carboxylic acids is 3. The second-order valence-electron chi connectivity index (χ2n) is 10.7. The number of rotatable bonds is 9. The van der Waals surface area contributed by atoms with E-state index >= 15 is 0 Å². The zero-order valence-corrected chi connectivity index (χ0v) is 22.5. The van der Waals surface area contributed by atoms with E-state index in [0.29, 0.717) is 23.8 Å². The Morgan fingerprint density at radius 1 is 1.11 bits per heavy atom. The number of ether oxygens (including phenoxy) is 4. The van der Waals surface area contributed by atoms with Gasteiger partial charge in [-0.15, -0.1) is 0 Å². The van der Waals surface area contributed by atoms with Crippen molar-refractivity contribution in [1.82, 2.24) is 0 Å². The Bertz CT molecular complexity index is 995. The van der Waals surface area contributed by atoms with E-state index in [1.165, 1.54) is 44.8 Å². The van der Waals surface area contributed by atoms with Crippen LogP contribution in [0.5, 0.6) is 0 Å². The van der Waals surface area contributed by atoms with Crippen LogP contribution < -0.4 is 0 Å². The molecule has 0 aromatic heterocycles. The third-order valence-corrected chi connectivity index (χ3v) is 7.26. The molecular formula is C29H40O7. The third-order valence-electron chi connectivity index (χ3n) is 7.26. The maximum atomic E-state index is 11.8. The Hall–Kier alpha value is -2.67. The summed E-state index contributed by atoms with van der Waals surface area (Å²) in [5, 5.41) is 0. The van der Waals surface area contributed by atoms with Crippen LogP contribution in [0.4, 0.5) is 0 Å². The van der Waals surface area contributed by atoms with Crippen molar-refractivity contribution in [3.63, 3.8) is 0 Å². The molecule has 0 fully saturated rings. The largest absolute Gasteiger partial charge is 0.432 e. The molecule has 7 nitrogen and oxygen atoms in total. The molecule has 1 unspecified atom stereocenters. The Morgan fingerprint density at radius 2 is 1.81 bits per heavy atom. The van der Waals surface area contributed by atoms with E-state index in [1.807, 2.05) is 6.08 Å². The molecule has 0 saturated heterocycles. The summed E-state index contributed by atoms with van der Waals surface area (Å²) >= 11 is 0. The summed E-state index contributed by atoms with van der Waals surface area (Å²) in [7, 11) is 0. The number of hydrogen-bond donors (Lipinski definition) is 0. The molecule has 198 valence electrons. The van der Waals surface area contributed by atoms with Crippen LogP contribution in [-0.2, 0) is 33.3 Å². The molecule has 0 N–H and O–H groups in total. The van der Waals surface area contributed by atoms with E-state index in [1.54, 1.807) is 11.1 Å². The maximum Gasteiger partial charge on any atom is 0.334 e. The fourth-order valence-electron chi connectivity index (χ4n) is 5.37. The highest BCUT2D eigenvalue weighted by Crippen LogP contribution is 2.42. The molecule has 0 radical (unpaired) electrons. The topological polar surface area (TPSA) is 88.1 Å². The van der Waals surface area contributed by atoms with Crippen molar-refractivity contribution in [1.29, 1.82) is 0 Å². The molecule has 0 aromatic carbocycles. The van der Waals surface area contributed by atoms with Crippen LogP contribution >= 0.6 is 0 Å². The average molecular weight is 501 g/mol. The zero-order chi connectivity index (χ0) is 26.5. The highest BCUT2D eigenvalue weighted by atomic mass is 16.7. The molecule has 0 aromatic rings. The van der Waals surface area contributed by atoms with E-state index in [9.17, 15) is 14.4 Å². The molecule has 36 heavy (non-hydrogen) atoms. The van der Waals surface area contributed by atoms with E-state index in [0.717, 1.165) is 24.8 Å². The van der Waals surface area contributed by atoms with Crippen molar-refractivity contribution < 1.29 is 33.3 Å². The zero-order valence-electron chi connectivity index (χ0n) is 22.5. The maximum absolute atomic E-state index is 11.8. The molecule has 2 heterocycles. The van der Waals surface area contributed by atoms with Gasteiger partial charge in [-0.3, -0.25) is 9.59 Å². The normalized spacial score (nSPS) is 26.2. The third kappa shape index (κ3) is 7.42. The highest BCUT2D eigenvalue weighted by Gasteiger charge is 2.38. The van der Waals surface area contributed by atoms with Crippen LogP contribution in [0.2, 0.25) is 0 Å². The Kier molecular flexibility index (Phi) is 9.34. The fourth-order valence-corrected chi connectivity index (χ4v) is 5.37. The minimum absolute atomic E-state index is 0.291. The average Bonchev–Trinajstić information content (AvgIpc) is 3.12. The molecule has 1 aliphatic carbocycles. The lowest BCUT2D eigenvalue weighted by Crippen LogP contribution is -2.35. The van der Waals surface area contributed by atoms with Crippen molar-refractivity contribution in [3.8, 4) is 0 Å². The van der Waals surface area contributed by atoms with Crippen LogP contribution in [0.3, 0.4) is 0 Å². The van der Waals surface area contributed by atoms with Gasteiger partial charge in [-0.1, -0.05) is 42.7 Å². The highest BCUT2D eigenvalue weighted by molar-refractivity contribution is 5.86. The molecule has 0 saturated carbocycles. The van der Waals surface area contributed by atoms with Gasteiger partial charge in [0, 0.05) is 25.5 Å². The molecule has 3 rings (SSSR count). The lowest BCUT2D eigenvalue weighted by molar-refractivity contribution is -0.184. The van der Waals surface area contributed by atoms with Crippen molar-refractivity contribution >= 4 is 17.9 Å². The summed E-state index contributed by atoms with van der Waals surface area (Å²) in [6, 6.07) is 0. The Labute approximate surface area is 214 Å². The first-order valence-corrected chi connectivity index (χ1v) is 12.9. The number of cyclic esters (lactones) is 1. The molecule has 0 amide bonds. The van der Waals surface area contributed by atoms with Gasteiger partial charge in [-0.05, 0) is 76.2 Å². The molecule has 0 bridgehead atoms. The van der Waals surface area contributed by atoms with Gasteiger partial charge in [0.25, 0.3) is 6.29 Å². The standard InChI is InChI=1S/C29H40O7/c1-18(12-14-24-19(2)10-8-16-29(24,5)6)9-7-11-22-13-15-25(35-27(22)33-20(3)30)23-17-26(32)36-28(23)34-21(4)31/h9,13,17,25,27-28H,7-8,10-12,14-16H2,1-6H3/b18-9+/t25-,27?,28-/m1/s1. The minimum atomic E-state index is -1.12. The molecule has 3 atom stereocenters. The molecule has 3 aliphatic rings. The van der Waals surface area contributed by atoms with Crippen LogP contribution in [0, 0.1) is 5.41 Å². The van der Waals surface area contributed by atoms with Gasteiger partial charge >= 0.3 is 17.9 Å². The molecule has 2 aliphatic heterocycles. The Balaban J connectivity index is 1.61. The summed E-state index contributed by atoms with van der Waals surface area (Å²) < 4.78 is 21.6. The van der Waals surface area contributed by atoms with Gasteiger partial charge in [0.1, 0.15) is 0 Å². The second-order valence-corrected chi connectivity index (χ2v) is 10.7. The van der Waals surface area contributed by atoms with Crippen molar-refractivity contribution in [2.45, 2.75) is 112 Å². The monoisotopic (exact) mass is 500 g/mol. The lowest BCUT2D eigenvalue weighted by atomic mass is 9.71. The van der Waals surface area contributed by atoms with E-state index < -0.39 is 36.6 Å². The smallest absolute Gasteiger partial charge is 0.334 e. The first kappa shape index (κ1) is 27.9. The quantitative estimate of drug-likeness (QED) is 0.283. The van der Waals surface area contributed by atoms with Crippen LogP contribution in [0.25, 0.3) is 0 Å². The fraction of sp³-hybridized carbons (Fsp3) is 0.621. The number of esters is 3. The van der Waals surface area contributed by atoms with Crippen molar-refractivity contribution in [3.05, 3.63) is 46.1 Å². The summed E-state index contributed by atoms with van der Waals surface area (Å²) in [4.78, 5) is 34.9. The number of hydrogen-bond acceptors (Lipinski definition) is 7. The van der Waals surface area contributed by atoms with Gasteiger partial charge in [-0.25, -0.2) is 4.79 Å². The van der Waals surface area contributed by atoms with Crippen LogP contribution in [0.1, 0.15) is 92.9 Å². The minimum Gasteiger partial charge on any atom is -0.432 e. The first-order valence-electron chi connectivity index (χ1n) is 12.9. The SMILES string of the molecule is CC(=O)OC1O[C@@H](C2=CC(=O)O[C@H]2OC(C)=O)CC=C1CC/C=C(\C)CCC1=C(C)CCCC1(C)C. The summed E-state index contributed by atoms with van der Waals surface area (Å²) in [5.41, 5.74) is 6.11. The molecule has 0 spiro atoms. The van der Waals surface area contributed by atoms with Crippen LogP contribution in [-0.4, -0.2) is 36.6 Å². The van der Waals surface area contributed by atoms with Gasteiger partial charge in [0.15, 0.2) is 0 Å². The first-order chi connectivity index (χ1) is 17.0. The lowest BCUT2D eigenvalue weighted by Gasteiger charge is -2.35. The van der Waals surface area contributed by atoms with Gasteiger partial charge in [0.2, 0.25) is 6.29 Å². The second kappa shape index (κ2) is 12.0. The molecule has 7 heteroatoms. The predicted molar refractivity (Wildman–Crippen MR) is 135 cm³/mol. The van der Waals surface area contributed by atoms with Crippen LogP contribution in [0.15, 0.2) is 46.1 Å². The van der Waals surface area contributed by atoms with E-state index in [-0.39, 0.29) is 0 Å². The molecular weight excluding hydrogens is 460 g/mol. The van der Waals surface area contributed by atoms with E-state index in [4.69, 9.17) is 18.9 Å². The predicted octanol–water partition coefficient (Wildman–Crippen LogP) is 6.00. The van der Waals surface area contributed by atoms with Crippen molar-refractivity contribution in [2.24, 2.45) is 5.41 Å². The summed E-state index contributed by atoms with van der Waals surface area (Å²) in [6.45, 7) is 11.8. The number of carbonyl (C=O) groups is 3. The van der Waals surface area contributed by atoms with Gasteiger partial charge in [0.05, 0.1) is 6.10 Å². The number of allylic oxidation sites excluding steroid dienone is 4. The summed E-state index contributed by atoms with van der Waals surface area (Å²) in [5.74, 6) is -1.62. The van der Waals surface area contributed by atoms with E-state index in [2.05, 4.69) is 33.8 Å². The van der Waals surface area contributed by atoms with Crippen molar-refractivity contribution in [2.75, 3.05) is 0 Å². The van der Waals surface area contributed by atoms with Gasteiger partial charge < -0.3 is 18.9 Å². The Morgan fingerprint density at radius 3 is 2.47 bits per heavy atom. The summed E-state index contributed by atoms with van der Waals surface area (Å²) in [6.07, 6.45) is 10.8.